The van der Waals surface area contributed by atoms with Crippen LogP contribution in [0.5, 0.6) is 11.5 Å². The van der Waals surface area contributed by atoms with Crippen molar-refractivity contribution in [3.63, 3.8) is 0 Å². The first-order valence-corrected chi connectivity index (χ1v) is 10.6. The van der Waals surface area contributed by atoms with Gasteiger partial charge in [-0.1, -0.05) is 12.1 Å². The van der Waals surface area contributed by atoms with Gasteiger partial charge in [0.15, 0.2) is 11.5 Å². The summed E-state index contributed by atoms with van der Waals surface area (Å²) in [6, 6.07) is 11.4. The first kappa shape index (κ1) is 23.2. The maximum absolute atomic E-state index is 11.3. The van der Waals surface area contributed by atoms with E-state index in [9.17, 15) is 4.79 Å². The molecule has 2 aromatic heterocycles. The van der Waals surface area contributed by atoms with Gasteiger partial charge in [-0.15, -0.1) is 23.7 Å². The summed E-state index contributed by atoms with van der Waals surface area (Å²) in [6.07, 6.45) is 1.50. The summed E-state index contributed by atoms with van der Waals surface area (Å²) in [4.78, 5) is 24.4. The van der Waals surface area contributed by atoms with Crippen molar-refractivity contribution in [3.8, 4) is 22.1 Å². The highest BCUT2D eigenvalue weighted by Crippen LogP contribution is 2.35. The zero-order chi connectivity index (χ0) is 21.8. The van der Waals surface area contributed by atoms with E-state index in [0.717, 1.165) is 22.2 Å². The Morgan fingerprint density at radius 3 is 2.53 bits per heavy atom. The molecule has 0 fully saturated rings. The number of ether oxygens (including phenoxy) is 2. The van der Waals surface area contributed by atoms with Gasteiger partial charge in [-0.2, -0.15) is 0 Å². The number of nitrogens with zero attached hydrogens (tertiary/aromatic N) is 3. The lowest BCUT2D eigenvalue weighted by molar-refractivity contribution is 0.0996. The second-order valence-corrected chi connectivity index (χ2v) is 7.37. The predicted molar refractivity (Wildman–Crippen MR) is 128 cm³/mol. The lowest BCUT2D eigenvalue weighted by Crippen LogP contribution is -2.10. The number of anilines is 2. The van der Waals surface area contributed by atoms with E-state index in [-0.39, 0.29) is 18.1 Å². The predicted octanol–water partition coefficient (Wildman–Crippen LogP) is 4.82. The third-order valence-corrected chi connectivity index (χ3v) is 5.32. The van der Waals surface area contributed by atoms with Gasteiger partial charge in [0.2, 0.25) is 0 Å². The van der Waals surface area contributed by atoms with Crippen LogP contribution in [0.2, 0.25) is 0 Å². The van der Waals surface area contributed by atoms with Crippen LogP contribution in [0.4, 0.5) is 11.5 Å². The molecule has 0 atom stereocenters. The summed E-state index contributed by atoms with van der Waals surface area (Å²) < 4.78 is 11.4. The van der Waals surface area contributed by atoms with E-state index in [1.165, 1.54) is 17.7 Å². The second kappa shape index (κ2) is 10.3. The minimum Gasteiger partial charge on any atom is -0.490 e. The van der Waals surface area contributed by atoms with Gasteiger partial charge < -0.3 is 20.5 Å². The van der Waals surface area contributed by atoms with E-state index in [1.807, 2.05) is 50.2 Å². The number of carbonyl (C=O) groups is 1. The summed E-state index contributed by atoms with van der Waals surface area (Å²) in [7, 11) is 0. The molecule has 0 spiro atoms. The quantitative estimate of drug-likeness (QED) is 0.379. The summed E-state index contributed by atoms with van der Waals surface area (Å²) in [5, 5.41) is 6.52. The number of aromatic nitrogens is 3. The Kier molecular flexibility index (Phi) is 7.45. The van der Waals surface area contributed by atoms with Crippen LogP contribution in [0.3, 0.4) is 0 Å². The van der Waals surface area contributed by atoms with E-state index in [1.54, 1.807) is 5.38 Å². The van der Waals surface area contributed by atoms with Crippen LogP contribution in [-0.2, 0) is 0 Å². The summed E-state index contributed by atoms with van der Waals surface area (Å²) in [5.74, 6) is 1.40. The smallest absolute Gasteiger partial charge is 0.268 e. The molecule has 0 aliphatic carbocycles. The number of nitrogens with two attached hydrogens (primary N) is 1. The average Bonchev–Trinajstić information content (AvgIpc) is 3.26. The summed E-state index contributed by atoms with van der Waals surface area (Å²) in [6.45, 7) is 4.90. The molecule has 2 aromatic carbocycles. The molecule has 1 amide bonds. The number of rotatable bonds is 8. The van der Waals surface area contributed by atoms with Crippen LogP contribution in [0.1, 0.15) is 24.3 Å². The van der Waals surface area contributed by atoms with Crippen LogP contribution in [0, 0.1) is 0 Å². The maximum Gasteiger partial charge on any atom is 0.268 e. The minimum absolute atomic E-state index is 0. The Bertz CT molecular complexity index is 1250. The lowest BCUT2D eigenvalue weighted by Gasteiger charge is -2.14. The molecule has 32 heavy (non-hydrogen) atoms. The summed E-state index contributed by atoms with van der Waals surface area (Å²) in [5.41, 5.74) is 8.00. The van der Waals surface area contributed by atoms with Crippen molar-refractivity contribution in [1.29, 1.82) is 0 Å². The van der Waals surface area contributed by atoms with Crippen molar-refractivity contribution in [3.05, 3.63) is 53.8 Å². The highest BCUT2D eigenvalue weighted by atomic mass is 35.5. The Morgan fingerprint density at radius 2 is 1.84 bits per heavy atom. The normalized spacial score (nSPS) is 10.4. The average molecular weight is 472 g/mol. The number of hydrogen-bond donors (Lipinski definition) is 2. The number of thiazole rings is 1. The lowest BCUT2D eigenvalue weighted by atomic mass is 10.2. The molecule has 2 heterocycles. The molecule has 4 aromatic rings. The number of hydrogen-bond acceptors (Lipinski definition) is 8. The highest BCUT2D eigenvalue weighted by molar-refractivity contribution is 7.13. The molecule has 3 N–H and O–H groups in total. The monoisotopic (exact) mass is 471 g/mol. The minimum atomic E-state index is -0.541. The third-order valence-electron chi connectivity index (χ3n) is 4.43. The Hall–Kier alpha value is -3.43. The Labute approximate surface area is 195 Å². The van der Waals surface area contributed by atoms with Crippen molar-refractivity contribution in [1.82, 2.24) is 15.0 Å². The van der Waals surface area contributed by atoms with Crippen molar-refractivity contribution in [2.45, 2.75) is 13.8 Å². The van der Waals surface area contributed by atoms with Gasteiger partial charge >= 0.3 is 0 Å². The van der Waals surface area contributed by atoms with Gasteiger partial charge in [-0.3, -0.25) is 4.79 Å². The van der Waals surface area contributed by atoms with Gasteiger partial charge in [-0.05, 0) is 32.0 Å². The first-order chi connectivity index (χ1) is 15.1. The maximum atomic E-state index is 11.3. The topological polar surface area (TPSA) is 112 Å². The van der Waals surface area contributed by atoms with E-state index >= 15 is 0 Å². The largest absolute Gasteiger partial charge is 0.490 e. The summed E-state index contributed by atoms with van der Waals surface area (Å²) >= 11 is 1.37. The molecular weight excluding hydrogens is 450 g/mol. The number of benzene rings is 2. The van der Waals surface area contributed by atoms with Crippen LogP contribution >= 0.6 is 23.7 Å². The van der Waals surface area contributed by atoms with E-state index < -0.39 is 5.91 Å². The van der Waals surface area contributed by atoms with Crippen LogP contribution in [0.25, 0.3) is 21.5 Å². The fourth-order valence-corrected chi connectivity index (χ4v) is 3.89. The van der Waals surface area contributed by atoms with Crippen molar-refractivity contribution in [2.75, 3.05) is 18.5 Å². The molecule has 0 aliphatic heterocycles. The molecule has 0 saturated heterocycles. The SMILES string of the molecule is CCOc1cc2ncnc(Nc3cccc(-c4nc(C(N)=O)cs4)c3)c2cc1OCC.Cl. The van der Waals surface area contributed by atoms with Gasteiger partial charge in [-0.25, -0.2) is 15.0 Å². The molecule has 0 radical (unpaired) electrons. The molecule has 0 bridgehead atoms. The molecule has 0 aliphatic rings. The van der Waals surface area contributed by atoms with E-state index in [0.29, 0.717) is 35.5 Å². The number of amides is 1. The molecular formula is C22H22ClN5O3S. The van der Waals surface area contributed by atoms with Crippen LogP contribution < -0.4 is 20.5 Å². The zero-order valence-electron chi connectivity index (χ0n) is 17.5. The van der Waals surface area contributed by atoms with Crippen molar-refractivity contribution < 1.29 is 14.3 Å². The van der Waals surface area contributed by atoms with E-state index in [4.69, 9.17) is 15.2 Å². The number of nitrogens with one attached hydrogen (secondary N) is 1. The second-order valence-electron chi connectivity index (χ2n) is 6.51. The molecule has 0 unspecified atom stereocenters. The Balaban J connectivity index is 0.00000289. The first-order valence-electron chi connectivity index (χ1n) is 9.76. The van der Waals surface area contributed by atoms with Crippen molar-refractivity contribution >= 4 is 52.1 Å². The fourth-order valence-electron chi connectivity index (χ4n) is 3.09. The fraction of sp³-hybridized carbons (Fsp3) is 0.182. The van der Waals surface area contributed by atoms with Gasteiger partial charge in [0.1, 0.15) is 22.8 Å². The van der Waals surface area contributed by atoms with Crippen LogP contribution in [0.15, 0.2) is 48.1 Å². The van der Waals surface area contributed by atoms with E-state index in [2.05, 4.69) is 20.3 Å². The molecule has 8 nitrogen and oxygen atoms in total. The van der Waals surface area contributed by atoms with Gasteiger partial charge in [0.05, 0.1) is 18.7 Å². The number of carbonyl (C=O) groups excluding carboxylic acids is 1. The molecule has 0 saturated carbocycles. The van der Waals surface area contributed by atoms with Crippen LogP contribution in [-0.4, -0.2) is 34.1 Å². The Morgan fingerprint density at radius 1 is 1.09 bits per heavy atom. The molecule has 166 valence electrons. The van der Waals surface area contributed by atoms with Gasteiger partial charge in [0.25, 0.3) is 5.91 Å². The number of primary amides is 1. The zero-order valence-corrected chi connectivity index (χ0v) is 19.1. The molecule has 10 heteroatoms. The third kappa shape index (κ3) is 4.90. The van der Waals surface area contributed by atoms with Crippen molar-refractivity contribution in [2.24, 2.45) is 5.73 Å². The number of fused-ring (bicyclic) bond motifs is 1. The van der Waals surface area contributed by atoms with Gasteiger partial charge in [0, 0.05) is 28.1 Å². The number of halogens is 1. The molecule has 4 rings (SSSR count). The standard InChI is InChI=1S/C22H21N5O3S.ClH/c1-3-29-18-9-15-16(10-19(18)30-4-2)24-12-25-21(15)26-14-7-5-6-13(8-14)22-27-17(11-31-22)20(23)28;/h5-12H,3-4H2,1-2H3,(H2,23,28)(H,24,25,26);1H. The highest BCUT2D eigenvalue weighted by Gasteiger charge is 2.13.